The Bertz CT molecular complexity index is 924. The van der Waals surface area contributed by atoms with Crippen LogP contribution in [0, 0.1) is 0 Å². The molecule has 3 heterocycles. The normalized spacial score (nSPS) is 15.4. The summed E-state index contributed by atoms with van der Waals surface area (Å²) in [5.41, 5.74) is 1.72. The summed E-state index contributed by atoms with van der Waals surface area (Å²) in [5.74, 6) is 6.88. The SMILES string of the molecule is Nn1c(S[C@H](C(=O)N2CCCCC2)c2ccccc2)nnc1-c1cccnc1. The molecule has 0 unspecified atom stereocenters. The lowest BCUT2D eigenvalue weighted by molar-refractivity contribution is -0.131. The summed E-state index contributed by atoms with van der Waals surface area (Å²) in [7, 11) is 0. The molecule has 2 N–H and O–H groups in total. The summed E-state index contributed by atoms with van der Waals surface area (Å²) in [6.07, 6.45) is 6.67. The van der Waals surface area contributed by atoms with Crippen molar-refractivity contribution < 1.29 is 4.79 Å². The van der Waals surface area contributed by atoms with E-state index in [1.165, 1.54) is 22.9 Å². The Balaban J connectivity index is 1.63. The average Bonchev–Trinajstić information content (AvgIpc) is 3.13. The maximum absolute atomic E-state index is 13.3. The number of hydrogen-bond donors (Lipinski definition) is 1. The number of likely N-dealkylation sites (tertiary alicyclic amines) is 1. The fourth-order valence-corrected chi connectivity index (χ4v) is 4.37. The zero-order chi connectivity index (χ0) is 19.3. The maximum atomic E-state index is 13.3. The van der Waals surface area contributed by atoms with Crippen LogP contribution in [0.1, 0.15) is 30.1 Å². The molecule has 0 bridgehead atoms. The van der Waals surface area contributed by atoms with E-state index in [1.54, 1.807) is 12.4 Å². The van der Waals surface area contributed by atoms with E-state index in [0.717, 1.165) is 37.1 Å². The second-order valence-corrected chi connectivity index (χ2v) is 7.78. The Morgan fingerprint density at radius 1 is 1.04 bits per heavy atom. The van der Waals surface area contributed by atoms with Gasteiger partial charge in [-0.2, -0.15) is 0 Å². The van der Waals surface area contributed by atoms with E-state index in [-0.39, 0.29) is 5.91 Å². The van der Waals surface area contributed by atoms with E-state index in [4.69, 9.17) is 5.84 Å². The van der Waals surface area contributed by atoms with Gasteiger partial charge in [0.05, 0.1) is 0 Å². The van der Waals surface area contributed by atoms with Gasteiger partial charge in [0.25, 0.3) is 0 Å². The minimum Gasteiger partial charge on any atom is -0.341 e. The van der Waals surface area contributed by atoms with E-state index < -0.39 is 5.25 Å². The average molecular weight is 395 g/mol. The Morgan fingerprint density at radius 3 is 2.54 bits per heavy atom. The van der Waals surface area contributed by atoms with Crippen molar-refractivity contribution in [2.75, 3.05) is 18.9 Å². The molecular weight excluding hydrogens is 372 g/mol. The molecule has 0 saturated carbocycles. The second-order valence-electron chi connectivity index (χ2n) is 6.71. The van der Waals surface area contributed by atoms with Crippen LogP contribution in [0.5, 0.6) is 0 Å². The summed E-state index contributed by atoms with van der Waals surface area (Å²) in [4.78, 5) is 19.3. The quantitative estimate of drug-likeness (QED) is 0.529. The zero-order valence-electron chi connectivity index (χ0n) is 15.4. The lowest BCUT2D eigenvalue weighted by Crippen LogP contribution is -2.38. The molecule has 3 aromatic rings. The van der Waals surface area contributed by atoms with Crippen molar-refractivity contribution in [3.05, 3.63) is 60.4 Å². The highest BCUT2D eigenvalue weighted by Crippen LogP contribution is 2.37. The third-order valence-electron chi connectivity index (χ3n) is 4.80. The standard InChI is InChI=1S/C20H22N6OS/c21-26-18(16-10-7-11-22-14-16)23-24-20(26)28-17(15-8-3-1-4-9-15)19(27)25-12-5-2-6-13-25/h1,3-4,7-11,14,17H,2,5-6,12-13,21H2/t17-/m0/s1. The monoisotopic (exact) mass is 394 g/mol. The van der Waals surface area contributed by atoms with E-state index in [0.29, 0.717) is 11.0 Å². The van der Waals surface area contributed by atoms with Gasteiger partial charge in [-0.1, -0.05) is 42.1 Å². The van der Waals surface area contributed by atoms with Crippen molar-refractivity contribution in [3.63, 3.8) is 0 Å². The highest BCUT2D eigenvalue weighted by atomic mass is 32.2. The van der Waals surface area contributed by atoms with E-state index in [2.05, 4.69) is 15.2 Å². The number of aromatic nitrogens is 4. The number of carbonyl (C=O) groups is 1. The van der Waals surface area contributed by atoms with E-state index >= 15 is 0 Å². The fraction of sp³-hybridized carbons (Fsp3) is 0.300. The number of pyridine rings is 1. The van der Waals surface area contributed by atoms with Crippen molar-refractivity contribution >= 4 is 17.7 Å². The number of nitrogens with zero attached hydrogens (tertiary/aromatic N) is 5. The summed E-state index contributed by atoms with van der Waals surface area (Å²) >= 11 is 1.34. The molecular formula is C20H22N6OS. The van der Waals surface area contributed by atoms with Gasteiger partial charge in [-0.15, -0.1) is 10.2 Å². The van der Waals surface area contributed by atoms with Crippen LogP contribution in [0.3, 0.4) is 0 Å². The molecule has 1 saturated heterocycles. The molecule has 1 aliphatic heterocycles. The number of carbonyl (C=O) groups excluding carboxylic acids is 1. The number of thioether (sulfide) groups is 1. The Labute approximate surface area is 167 Å². The molecule has 1 fully saturated rings. The molecule has 0 aliphatic carbocycles. The van der Waals surface area contributed by atoms with Crippen molar-refractivity contribution in [3.8, 4) is 11.4 Å². The van der Waals surface area contributed by atoms with Gasteiger partial charge in [0.2, 0.25) is 11.1 Å². The number of amides is 1. The molecule has 1 atom stereocenters. The molecule has 0 radical (unpaired) electrons. The van der Waals surface area contributed by atoms with Crippen molar-refractivity contribution in [2.45, 2.75) is 29.7 Å². The Kier molecular flexibility index (Phi) is 5.57. The molecule has 28 heavy (non-hydrogen) atoms. The lowest BCUT2D eigenvalue weighted by atomic mass is 10.1. The summed E-state index contributed by atoms with van der Waals surface area (Å²) < 4.78 is 1.43. The first-order chi connectivity index (χ1) is 13.7. The van der Waals surface area contributed by atoms with Gasteiger partial charge in [-0.3, -0.25) is 9.78 Å². The number of nitrogen functional groups attached to an aromatic ring is 1. The summed E-state index contributed by atoms with van der Waals surface area (Å²) in [6.45, 7) is 1.61. The first kappa shape index (κ1) is 18.5. The Hall–Kier alpha value is -2.87. The minimum absolute atomic E-state index is 0.0989. The number of benzene rings is 1. The van der Waals surface area contributed by atoms with E-state index in [9.17, 15) is 4.79 Å². The molecule has 0 spiro atoms. The summed E-state index contributed by atoms with van der Waals surface area (Å²) in [5, 5.41) is 8.53. The second kappa shape index (κ2) is 8.43. The van der Waals surface area contributed by atoms with Gasteiger partial charge in [-0.25, -0.2) is 4.68 Å². The number of piperidine rings is 1. The number of rotatable bonds is 5. The van der Waals surface area contributed by atoms with Crippen LogP contribution < -0.4 is 5.84 Å². The largest absolute Gasteiger partial charge is 0.341 e. The summed E-state index contributed by atoms with van der Waals surface area (Å²) in [6, 6.07) is 13.5. The highest BCUT2D eigenvalue weighted by Gasteiger charge is 2.30. The van der Waals surface area contributed by atoms with Crippen molar-refractivity contribution in [1.29, 1.82) is 0 Å². The van der Waals surface area contributed by atoms with Gasteiger partial charge in [-0.05, 0) is 37.0 Å². The molecule has 144 valence electrons. The third kappa shape index (κ3) is 3.87. The maximum Gasteiger partial charge on any atom is 0.240 e. The fourth-order valence-electron chi connectivity index (χ4n) is 3.32. The van der Waals surface area contributed by atoms with Crippen LogP contribution >= 0.6 is 11.8 Å². The minimum atomic E-state index is -0.410. The van der Waals surface area contributed by atoms with Gasteiger partial charge < -0.3 is 10.7 Å². The lowest BCUT2D eigenvalue weighted by Gasteiger charge is -2.30. The van der Waals surface area contributed by atoms with Crippen LogP contribution in [0.2, 0.25) is 0 Å². The van der Waals surface area contributed by atoms with Gasteiger partial charge in [0, 0.05) is 31.0 Å². The van der Waals surface area contributed by atoms with Crippen molar-refractivity contribution in [1.82, 2.24) is 24.8 Å². The van der Waals surface area contributed by atoms with Crippen LogP contribution in [-0.2, 0) is 4.79 Å². The van der Waals surface area contributed by atoms with Crippen LogP contribution in [-0.4, -0.2) is 43.8 Å². The van der Waals surface area contributed by atoms with Gasteiger partial charge in [0.15, 0.2) is 5.82 Å². The molecule has 1 amide bonds. The van der Waals surface area contributed by atoms with Crippen LogP contribution in [0.25, 0.3) is 11.4 Å². The first-order valence-corrected chi connectivity index (χ1v) is 10.2. The molecule has 2 aromatic heterocycles. The van der Waals surface area contributed by atoms with Crippen molar-refractivity contribution in [2.24, 2.45) is 0 Å². The van der Waals surface area contributed by atoms with Crippen LogP contribution in [0.15, 0.2) is 60.0 Å². The smallest absolute Gasteiger partial charge is 0.240 e. The Morgan fingerprint density at radius 2 is 1.82 bits per heavy atom. The van der Waals surface area contributed by atoms with Gasteiger partial charge >= 0.3 is 0 Å². The molecule has 1 aromatic carbocycles. The van der Waals surface area contributed by atoms with Crippen LogP contribution in [0.4, 0.5) is 0 Å². The molecule has 7 nitrogen and oxygen atoms in total. The number of hydrogen-bond acceptors (Lipinski definition) is 6. The van der Waals surface area contributed by atoms with E-state index in [1.807, 2.05) is 47.4 Å². The first-order valence-electron chi connectivity index (χ1n) is 9.35. The predicted octanol–water partition coefficient (Wildman–Crippen LogP) is 2.90. The van der Waals surface area contributed by atoms with Gasteiger partial charge in [0.1, 0.15) is 5.25 Å². The molecule has 8 heteroatoms. The highest BCUT2D eigenvalue weighted by molar-refractivity contribution is 8.00. The third-order valence-corrected chi connectivity index (χ3v) is 6.00. The topological polar surface area (TPSA) is 89.9 Å². The zero-order valence-corrected chi connectivity index (χ0v) is 16.3. The molecule has 4 rings (SSSR count). The number of nitrogens with two attached hydrogens (primary N) is 1. The molecule has 1 aliphatic rings. The predicted molar refractivity (Wildman–Crippen MR) is 109 cm³/mol.